The standard InChI is InChI=1S/C11H17NO3S2/c1-8(11-4-3-5-16-11)12(2)9-6-17(14,15)7-10(9)13/h3-5,8-10,13H,6-7H2,1-2H3. The van der Waals surface area contributed by atoms with Crippen molar-refractivity contribution < 1.29 is 13.5 Å². The van der Waals surface area contributed by atoms with Crippen molar-refractivity contribution in [3.05, 3.63) is 22.4 Å². The molecule has 0 amide bonds. The Hall–Kier alpha value is -0.430. The van der Waals surface area contributed by atoms with Crippen molar-refractivity contribution >= 4 is 21.2 Å². The molecule has 2 rings (SSSR count). The van der Waals surface area contributed by atoms with Crippen LogP contribution in [0.2, 0.25) is 0 Å². The lowest BCUT2D eigenvalue weighted by Crippen LogP contribution is -2.41. The first-order valence-corrected chi connectivity index (χ1v) is 8.24. The van der Waals surface area contributed by atoms with Crippen molar-refractivity contribution in [2.45, 2.75) is 25.1 Å². The van der Waals surface area contributed by atoms with Crippen LogP contribution in [-0.2, 0) is 9.84 Å². The third-order valence-electron chi connectivity index (χ3n) is 3.38. The number of sulfone groups is 1. The number of nitrogens with zero attached hydrogens (tertiary/aromatic N) is 1. The zero-order valence-corrected chi connectivity index (χ0v) is 11.5. The molecule has 1 aromatic rings. The zero-order chi connectivity index (χ0) is 12.6. The second kappa shape index (κ2) is 4.68. The molecule has 0 radical (unpaired) electrons. The Morgan fingerprint density at radius 1 is 1.53 bits per heavy atom. The summed E-state index contributed by atoms with van der Waals surface area (Å²) in [5.74, 6) is -0.0560. The largest absolute Gasteiger partial charge is 0.390 e. The first kappa shape index (κ1) is 13.0. The molecule has 3 unspecified atom stereocenters. The van der Waals surface area contributed by atoms with Gasteiger partial charge in [-0.3, -0.25) is 4.90 Å². The monoisotopic (exact) mass is 275 g/mol. The van der Waals surface area contributed by atoms with Gasteiger partial charge in [-0.05, 0) is 25.4 Å². The average Bonchev–Trinajstić information content (AvgIpc) is 2.83. The molecule has 1 N–H and O–H groups in total. The number of thiophene rings is 1. The Balaban J connectivity index is 2.13. The zero-order valence-electron chi connectivity index (χ0n) is 9.91. The minimum absolute atomic E-state index is 0.0559. The van der Waals surface area contributed by atoms with Gasteiger partial charge >= 0.3 is 0 Å². The summed E-state index contributed by atoms with van der Waals surface area (Å²) in [6.07, 6.45) is -0.771. The molecule has 4 nitrogen and oxygen atoms in total. The maximum atomic E-state index is 11.5. The fraction of sp³-hybridized carbons (Fsp3) is 0.636. The molecular weight excluding hydrogens is 258 g/mol. The van der Waals surface area contributed by atoms with Gasteiger partial charge in [0.05, 0.1) is 23.7 Å². The van der Waals surface area contributed by atoms with Crippen molar-refractivity contribution in [2.24, 2.45) is 0 Å². The van der Waals surface area contributed by atoms with Crippen molar-refractivity contribution in [1.29, 1.82) is 0 Å². The van der Waals surface area contributed by atoms with E-state index in [0.717, 1.165) is 0 Å². The quantitative estimate of drug-likeness (QED) is 0.890. The Morgan fingerprint density at radius 3 is 2.71 bits per heavy atom. The van der Waals surface area contributed by atoms with Crippen LogP contribution in [0.15, 0.2) is 17.5 Å². The van der Waals surface area contributed by atoms with E-state index in [1.165, 1.54) is 4.88 Å². The Morgan fingerprint density at radius 2 is 2.24 bits per heavy atom. The van der Waals surface area contributed by atoms with E-state index in [0.29, 0.717) is 0 Å². The molecule has 1 saturated heterocycles. The van der Waals surface area contributed by atoms with Crippen LogP contribution in [0, 0.1) is 0 Å². The van der Waals surface area contributed by atoms with E-state index in [4.69, 9.17) is 0 Å². The summed E-state index contributed by atoms with van der Waals surface area (Å²) in [5.41, 5.74) is 0. The summed E-state index contributed by atoms with van der Waals surface area (Å²) >= 11 is 1.65. The molecule has 0 spiro atoms. The SMILES string of the molecule is CC(c1cccs1)N(C)C1CS(=O)(=O)CC1O. The van der Waals surface area contributed by atoms with Gasteiger partial charge in [0.2, 0.25) is 0 Å². The molecule has 96 valence electrons. The van der Waals surface area contributed by atoms with Gasteiger partial charge in [-0.1, -0.05) is 6.07 Å². The van der Waals surface area contributed by atoms with E-state index in [2.05, 4.69) is 0 Å². The van der Waals surface area contributed by atoms with E-state index in [-0.39, 0.29) is 23.6 Å². The third-order valence-corrected chi connectivity index (χ3v) is 6.12. The van der Waals surface area contributed by atoms with Gasteiger partial charge in [-0.2, -0.15) is 0 Å². The molecule has 3 atom stereocenters. The van der Waals surface area contributed by atoms with Gasteiger partial charge in [0.1, 0.15) is 0 Å². The summed E-state index contributed by atoms with van der Waals surface area (Å²) < 4.78 is 23.0. The fourth-order valence-corrected chi connectivity index (χ4v) is 4.91. The Labute approximate surface area is 106 Å². The van der Waals surface area contributed by atoms with Crippen LogP contribution < -0.4 is 0 Å². The van der Waals surface area contributed by atoms with Gasteiger partial charge < -0.3 is 5.11 Å². The molecule has 1 aromatic heterocycles. The fourth-order valence-electron chi connectivity index (χ4n) is 2.22. The van der Waals surface area contributed by atoms with Crippen LogP contribution in [0.25, 0.3) is 0 Å². The number of aliphatic hydroxyl groups is 1. The number of hydrogen-bond donors (Lipinski definition) is 1. The van der Waals surface area contributed by atoms with Crippen LogP contribution in [0.3, 0.4) is 0 Å². The number of hydrogen-bond acceptors (Lipinski definition) is 5. The van der Waals surface area contributed by atoms with Gasteiger partial charge in [-0.25, -0.2) is 8.42 Å². The molecule has 2 heterocycles. The van der Waals surface area contributed by atoms with Crippen molar-refractivity contribution in [1.82, 2.24) is 4.90 Å². The Kier molecular flexibility index (Phi) is 3.58. The van der Waals surface area contributed by atoms with E-state index < -0.39 is 15.9 Å². The van der Waals surface area contributed by atoms with E-state index in [1.807, 2.05) is 36.4 Å². The molecule has 17 heavy (non-hydrogen) atoms. The molecule has 1 aliphatic rings. The summed E-state index contributed by atoms with van der Waals surface area (Å²) in [7, 11) is -1.21. The van der Waals surface area contributed by atoms with E-state index in [9.17, 15) is 13.5 Å². The summed E-state index contributed by atoms with van der Waals surface area (Å²) in [5, 5.41) is 11.8. The highest BCUT2D eigenvalue weighted by Crippen LogP contribution is 2.28. The third kappa shape index (κ3) is 2.70. The first-order chi connectivity index (χ1) is 7.91. The molecule has 0 aromatic carbocycles. The first-order valence-electron chi connectivity index (χ1n) is 5.54. The summed E-state index contributed by atoms with van der Waals surface area (Å²) in [6.45, 7) is 2.03. The Bertz CT molecular complexity index is 469. The normalized spacial score (nSPS) is 29.6. The highest BCUT2D eigenvalue weighted by Gasteiger charge is 2.40. The van der Waals surface area contributed by atoms with Crippen LogP contribution in [-0.4, -0.2) is 49.1 Å². The van der Waals surface area contributed by atoms with Crippen LogP contribution in [0.1, 0.15) is 17.8 Å². The van der Waals surface area contributed by atoms with Gasteiger partial charge in [0, 0.05) is 10.9 Å². The highest BCUT2D eigenvalue weighted by atomic mass is 32.2. The average molecular weight is 275 g/mol. The predicted molar refractivity (Wildman–Crippen MR) is 68.9 cm³/mol. The number of likely N-dealkylation sites (N-methyl/N-ethyl adjacent to an activating group) is 1. The maximum Gasteiger partial charge on any atom is 0.154 e. The molecule has 1 fully saturated rings. The molecule has 0 bridgehead atoms. The summed E-state index contributed by atoms with van der Waals surface area (Å²) in [4.78, 5) is 3.14. The van der Waals surface area contributed by atoms with Gasteiger partial charge in [0.15, 0.2) is 9.84 Å². The number of aliphatic hydroxyl groups excluding tert-OH is 1. The predicted octanol–water partition coefficient (Wildman–Crippen LogP) is 0.899. The van der Waals surface area contributed by atoms with Crippen LogP contribution in [0.5, 0.6) is 0 Å². The summed E-state index contributed by atoms with van der Waals surface area (Å²) in [6, 6.07) is 3.84. The smallest absolute Gasteiger partial charge is 0.154 e. The molecule has 1 aliphatic heterocycles. The van der Waals surface area contributed by atoms with Crippen molar-refractivity contribution in [2.75, 3.05) is 18.6 Å². The minimum Gasteiger partial charge on any atom is -0.390 e. The van der Waals surface area contributed by atoms with Gasteiger partial charge in [-0.15, -0.1) is 11.3 Å². The molecule has 0 saturated carbocycles. The second-order valence-electron chi connectivity index (χ2n) is 4.57. The van der Waals surface area contributed by atoms with Crippen LogP contribution >= 0.6 is 11.3 Å². The van der Waals surface area contributed by atoms with Crippen LogP contribution in [0.4, 0.5) is 0 Å². The topological polar surface area (TPSA) is 57.6 Å². The number of rotatable bonds is 3. The van der Waals surface area contributed by atoms with Crippen molar-refractivity contribution in [3.63, 3.8) is 0 Å². The second-order valence-corrected chi connectivity index (χ2v) is 7.70. The van der Waals surface area contributed by atoms with E-state index in [1.54, 1.807) is 11.3 Å². The van der Waals surface area contributed by atoms with E-state index >= 15 is 0 Å². The maximum absolute atomic E-state index is 11.5. The lowest BCUT2D eigenvalue weighted by atomic mass is 10.1. The minimum atomic E-state index is -3.08. The highest BCUT2D eigenvalue weighted by molar-refractivity contribution is 7.91. The lowest BCUT2D eigenvalue weighted by Gasteiger charge is -2.31. The lowest BCUT2D eigenvalue weighted by molar-refractivity contribution is 0.0786. The molecule has 0 aliphatic carbocycles. The van der Waals surface area contributed by atoms with Gasteiger partial charge in [0.25, 0.3) is 0 Å². The van der Waals surface area contributed by atoms with Crippen molar-refractivity contribution in [3.8, 4) is 0 Å². The molecular formula is C11H17NO3S2. The molecule has 6 heteroatoms.